The molecule has 0 bridgehead atoms. The number of ether oxygens (including phenoxy) is 3. The van der Waals surface area contributed by atoms with Crippen molar-refractivity contribution in [3.8, 4) is 11.5 Å². The monoisotopic (exact) mass is 386 g/mol. The number of cyclic esters (lactones) is 1. The molecule has 0 saturated heterocycles. The smallest absolute Gasteiger partial charge is 0.363 e. The maximum atomic E-state index is 12.2. The average Bonchev–Trinajstić information content (AvgIpc) is 3.22. The van der Waals surface area contributed by atoms with Crippen molar-refractivity contribution in [2.45, 2.75) is 6.92 Å². The fraction of sp³-hybridized carbons (Fsp3) is 0.111. The summed E-state index contributed by atoms with van der Waals surface area (Å²) in [6, 6.07) is 7.71. The molecule has 4 rings (SSSR count). The summed E-state index contributed by atoms with van der Waals surface area (Å²) in [6.45, 7) is 1.72. The number of aryl methyl sites for hydroxylation is 1. The van der Waals surface area contributed by atoms with Crippen LogP contribution in [0.3, 0.4) is 0 Å². The highest BCUT2D eigenvalue weighted by atomic mass is 35.5. The van der Waals surface area contributed by atoms with Crippen molar-refractivity contribution in [1.29, 1.82) is 0 Å². The lowest BCUT2D eigenvalue weighted by Crippen LogP contribution is -2.06. The molecule has 0 unspecified atom stereocenters. The summed E-state index contributed by atoms with van der Waals surface area (Å²) in [5, 5.41) is 11.5. The molecular formula is C18H11ClN2O6. The van der Waals surface area contributed by atoms with E-state index in [9.17, 15) is 14.9 Å². The van der Waals surface area contributed by atoms with Gasteiger partial charge in [0.1, 0.15) is 0 Å². The summed E-state index contributed by atoms with van der Waals surface area (Å²) in [5.41, 5.74) is 1.28. The molecule has 0 amide bonds. The number of nitro groups is 1. The number of esters is 1. The van der Waals surface area contributed by atoms with E-state index in [0.29, 0.717) is 33.2 Å². The molecule has 0 N–H and O–H groups in total. The molecule has 0 aromatic heterocycles. The minimum Gasteiger partial charge on any atom is -0.454 e. The number of carbonyl (C=O) groups excluding carboxylic acids is 1. The van der Waals surface area contributed by atoms with Gasteiger partial charge in [0.05, 0.1) is 9.95 Å². The number of hydrogen-bond donors (Lipinski definition) is 0. The lowest BCUT2D eigenvalue weighted by atomic mass is 10.1. The largest absolute Gasteiger partial charge is 0.454 e. The standard InChI is InChI=1S/C18H11ClN2O6/c1-9-2-3-10(5-14(9)21(23)24)17-20-13(18(22)27-17)4-11-6-15-16(7-12(11)19)26-8-25-15/h2-7H,8H2,1H3. The van der Waals surface area contributed by atoms with Crippen molar-refractivity contribution in [1.82, 2.24) is 0 Å². The topological polar surface area (TPSA) is 100 Å². The molecule has 0 spiro atoms. The summed E-state index contributed by atoms with van der Waals surface area (Å²) < 4.78 is 15.7. The fourth-order valence-electron chi connectivity index (χ4n) is 2.66. The fourth-order valence-corrected chi connectivity index (χ4v) is 2.87. The SMILES string of the molecule is Cc1ccc(C2=NC(=Cc3cc4c(cc3Cl)OCO4)C(=O)O2)cc1[N+](=O)[O-]. The van der Waals surface area contributed by atoms with Crippen molar-refractivity contribution in [2.24, 2.45) is 4.99 Å². The average molecular weight is 387 g/mol. The van der Waals surface area contributed by atoms with Crippen LogP contribution in [0.15, 0.2) is 41.0 Å². The van der Waals surface area contributed by atoms with Gasteiger partial charge in [-0.3, -0.25) is 10.1 Å². The van der Waals surface area contributed by atoms with E-state index in [0.717, 1.165) is 0 Å². The number of carbonyl (C=O) groups is 1. The van der Waals surface area contributed by atoms with Gasteiger partial charge in [-0.2, -0.15) is 0 Å². The third-order valence-electron chi connectivity index (χ3n) is 4.06. The van der Waals surface area contributed by atoms with E-state index in [2.05, 4.69) is 4.99 Å². The first-order valence-electron chi connectivity index (χ1n) is 7.79. The Morgan fingerprint density at radius 1 is 1.22 bits per heavy atom. The number of fused-ring (bicyclic) bond motifs is 1. The predicted molar refractivity (Wildman–Crippen MR) is 96.0 cm³/mol. The Hall–Kier alpha value is -3.39. The van der Waals surface area contributed by atoms with Crippen LogP contribution >= 0.6 is 11.6 Å². The molecule has 2 aromatic carbocycles. The van der Waals surface area contributed by atoms with Crippen LogP contribution in [0, 0.1) is 17.0 Å². The van der Waals surface area contributed by atoms with E-state index in [1.807, 2.05) is 0 Å². The lowest BCUT2D eigenvalue weighted by molar-refractivity contribution is -0.385. The highest BCUT2D eigenvalue weighted by Gasteiger charge is 2.26. The number of nitro benzene ring substituents is 1. The third-order valence-corrected chi connectivity index (χ3v) is 4.38. The van der Waals surface area contributed by atoms with Crippen LogP contribution in [0.5, 0.6) is 11.5 Å². The zero-order chi connectivity index (χ0) is 19.1. The maximum Gasteiger partial charge on any atom is 0.363 e. The van der Waals surface area contributed by atoms with Gasteiger partial charge in [-0.15, -0.1) is 0 Å². The molecule has 9 heteroatoms. The van der Waals surface area contributed by atoms with Gasteiger partial charge in [-0.25, -0.2) is 9.79 Å². The van der Waals surface area contributed by atoms with Gasteiger partial charge < -0.3 is 14.2 Å². The van der Waals surface area contributed by atoms with E-state index in [4.69, 9.17) is 25.8 Å². The molecule has 0 aliphatic carbocycles. The molecule has 0 fully saturated rings. The van der Waals surface area contributed by atoms with Crippen molar-refractivity contribution in [3.63, 3.8) is 0 Å². The summed E-state index contributed by atoms with van der Waals surface area (Å²) in [5.74, 6) is 0.344. The summed E-state index contributed by atoms with van der Waals surface area (Å²) >= 11 is 6.20. The zero-order valence-corrected chi connectivity index (χ0v) is 14.6. The summed E-state index contributed by atoms with van der Waals surface area (Å²) in [4.78, 5) is 26.9. The van der Waals surface area contributed by atoms with Crippen LogP contribution in [0.4, 0.5) is 5.69 Å². The van der Waals surface area contributed by atoms with Crippen LogP contribution in [-0.4, -0.2) is 23.6 Å². The Morgan fingerprint density at radius 3 is 2.70 bits per heavy atom. The molecule has 2 aromatic rings. The van der Waals surface area contributed by atoms with Gasteiger partial charge >= 0.3 is 5.97 Å². The Labute approximate surface area is 157 Å². The Morgan fingerprint density at radius 2 is 1.96 bits per heavy atom. The Bertz CT molecular complexity index is 1060. The second-order valence-electron chi connectivity index (χ2n) is 5.82. The molecule has 2 aliphatic rings. The summed E-state index contributed by atoms with van der Waals surface area (Å²) in [6.07, 6.45) is 1.46. The van der Waals surface area contributed by atoms with E-state index < -0.39 is 10.9 Å². The van der Waals surface area contributed by atoms with Gasteiger partial charge in [0.15, 0.2) is 17.2 Å². The first-order valence-corrected chi connectivity index (χ1v) is 8.17. The second kappa shape index (κ2) is 6.40. The van der Waals surface area contributed by atoms with Gasteiger partial charge in [0, 0.05) is 23.3 Å². The number of nitrogens with zero attached hydrogens (tertiary/aromatic N) is 2. The Kier molecular flexibility index (Phi) is 4.04. The minimum absolute atomic E-state index is 0.00813. The van der Waals surface area contributed by atoms with Crippen molar-refractivity contribution < 1.29 is 23.9 Å². The molecule has 0 saturated carbocycles. The number of benzene rings is 2. The van der Waals surface area contributed by atoms with Crippen molar-refractivity contribution >= 4 is 35.2 Å². The van der Waals surface area contributed by atoms with Crippen molar-refractivity contribution in [2.75, 3.05) is 6.79 Å². The van der Waals surface area contributed by atoms with Gasteiger partial charge in [-0.05, 0) is 30.7 Å². The molecule has 136 valence electrons. The van der Waals surface area contributed by atoms with Crippen molar-refractivity contribution in [3.05, 3.63) is 67.9 Å². The summed E-state index contributed by atoms with van der Waals surface area (Å²) in [7, 11) is 0. The predicted octanol–water partition coefficient (Wildman–Crippen LogP) is 3.63. The number of rotatable bonds is 3. The quantitative estimate of drug-likeness (QED) is 0.345. The molecule has 2 heterocycles. The molecular weight excluding hydrogens is 376 g/mol. The normalized spacial score (nSPS) is 16.4. The van der Waals surface area contributed by atoms with Crippen LogP contribution in [0.2, 0.25) is 5.02 Å². The van der Waals surface area contributed by atoms with Crippen LogP contribution in [0.1, 0.15) is 16.7 Å². The molecule has 0 radical (unpaired) electrons. The zero-order valence-electron chi connectivity index (χ0n) is 13.9. The van der Waals surface area contributed by atoms with Crippen LogP contribution in [0.25, 0.3) is 6.08 Å². The number of halogens is 1. The Balaban J connectivity index is 1.71. The van der Waals surface area contributed by atoms with E-state index in [1.54, 1.807) is 31.2 Å². The second-order valence-corrected chi connectivity index (χ2v) is 6.23. The first-order chi connectivity index (χ1) is 12.9. The minimum atomic E-state index is -0.679. The van der Waals surface area contributed by atoms with Crippen LogP contribution < -0.4 is 9.47 Å². The van der Waals surface area contributed by atoms with E-state index in [-0.39, 0.29) is 24.1 Å². The van der Waals surface area contributed by atoms with Gasteiger partial charge in [0.2, 0.25) is 12.7 Å². The highest BCUT2D eigenvalue weighted by molar-refractivity contribution is 6.32. The molecule has 2 aliphatic heterocycles. The number of aliphatic imine (C=N–C) groups is 1. The van der Waals surface area contributed by atoms with E-state index >= 15 is 0 Å². The molecule has 27 heavy (non-hydrogen) atoms. The molecule has 8 nitrogen and oxygen atoms in total. The maximum absolute atomic E-state index is 12.2. The first kappa shape index (κ1) is 17.0. The van der Waals surface area contributed by atoms with E-state index in [1.165, 1.54) is 12.1 Å². The highest BCUT2D eigenvalue weighted by Crippen LogP contribution is 2.38. The van der Waals surface area contributed by atoms with Gasteiger partial charge in [-0.1, -0.05) is 17.7 Å². The molecule has 0 atom stereocenters. The van der Waals surface area contributed by atoms with Gasteiger partial charge in [0.25, 0.3) is 5.69 Å². The van der Waals surface area contributed by atoms with Crippen LogP contribution in [-0.2, 0) is 9.53 Å². The number of hydrogen-bond acceptors (Lipinski definition) is 7. The lowest BCUT2D eigenvalue weighted by Gasteiger charge is -2.01. The third kappa shape index (κ3) is 3.11.